The zero-order chi connectivity index (χ0) is 31.7. The van der Waals surface area contributed by atoms with E-state index in [2.05, 4.69) is 9.50 Å². The Kier molecular flexibility index (Phi) is 10.8. The molecular weight excluding hydrogens is 602 g/mol. The van der Waals surface area contributed by atoms with Crippen LogP contribution in [0.15, 0.2) is 11.8 Å². The van der Waals surface area contributed by atoms with Crippen molar-refractivity contribution in [1.29, 1.82) is 0 Å². The molecular formula is C21H31NO19S. The predicted molar refractivity (Wildman–Crippen MR) is 126 cm³/mol. The molecule has 9 N–H and O–H groups in total. The maximum absolute atomic E-state index is 12.0. The van der Waals surface area contributed by atoms with Crippen LogP contribution in [0.4, 0.5) is 0 Å². The lowest BCUT2D eigenvalue weighted by Crippen LogP contribution is -2.69. The number of nitrogens with one attached hydrogen (secondary N) is 1. The van der Waals surface area contributed by atoms with Gasteiger partial charge in [0.2, 0.25) is 18.0 Å². The summed E-state index contributed by atoms with van der Waals surface area (Å²) in [5, 5.41) is 73.3. The molecule has 2 fully saturated rings. The molecule has 1 unspecified atom stereocenters. The van der Waals surface area contributed by atoms with Crippen LogP contribution >= 0.6 is 0 Å². The van der Waals surface area contributed by atoms with Crippen molar-refractivity contribution in [2.24, 2.45) is 0 Å². The standard InChI is InChI=1S/C21H31NO19S/c1-5-11(25)14(28)16(17(37-5)19(31)32)41-20-10(22-6(2)23)13(27)15(9(39-20)4-36-42(33,34)35)40-21-12(26)7(24)3-8(38-21)18(29)30/h3,5,7,9-17,20-21,24-28H,4H2,1-2H3,(H,22,23)(H,29,30)(H,31,32)(H,33,34,35)/t5-,7-,9+,10+,11-,12+,13+,14+,15+,16?,17-,20+,21-/m0/s1. The van der Waals surface area contributed by atoms with Crippen molar-refractivity contribution in [3.8, 4) is 0 Å². The van der Waals surface area contributed by atoms with Gasteiger partial charge in [-0.3, -0.25) is 9.35 Å². The highest BCUT2D eigenvalue weighted by atomic mass is 32.3. The highest BCUT2D eigenvalue weighted by molar-refractivity contribution is 7.80. The molecule has 3 rings (SSSR count). The molecule has 13 atom stereocenters. The minimum atomic E-state index is -5.16. The summed E-state index contributed by atoms with van der Waals surface area (Å²) in [6.07, 6.45) is -21.5. The molecule has 0 radical (unpaired) electrons. The van der Waals surface area contributed by atoms with Crippen molar-refractivity contribution >= 4 is 28.2 Å². The van der Waals surface area contributed by atoms with Gasteiger partial charge in [0.05, 0.1) is 12.7 Å². The van der Waals surface area contributed by atoms with Gasteiger partial charge in [-0.15, -0.1) is 0 Å². The van der Waals surface area contributed by atoms with Gasteiger partial charge in [-0.1, -0.05) is 0 Å². The fourth-order valence-corrected chi connectivity index (χ4v) is 4.77. The van der Waals surface area contributed by atoms with E-state index >= 15 is 0 Å². The van der Waals surface area contributed by atoms with Crippen molar-refractivity contribution in [2.75, 3.05) is 6.61 Å². The Bertz CT molecular complexity index is 1150. The van der Waals surface area contributed by atoms with Gasteiger partial charge < -0.3 is 64.7 Å². The van der Waals surface area contributed by atoms with E-state index in [4.69, 9.17) is 28.2 Å². The van der Waals surface area contributed by atoms with Crippen molar-refractivity contribution < 1.29 is 91.0 Å². The Morgan fingerprint density at radius 3 is 2.10 bits per heavy atom. The first-order valence-corrected chi connectivity index (χ1v) is 13.5. The molecule has 0 aromatic carbocycles. The third kappa shape index (κ3) is 7.89. The number of ether oxygens (including phenoxy) is 5. The van der Waals surface area contributed by atoms with Crippen LogP contribution in [-0.4, -0.2) is 153 Å². The van der Waals surface area contributed by atoms with E-state index in [-0.39, 0.29) is 0 Å². The molecule has 0 aromatic heterocycles. The van der Waals surface area contributed by atoms with Gasteiger partial charge in [-0.2, -0.15) is 8.42 Å². The van der Waals surface area contributed by atoms with Crippen molar-refractivity contribution in [3.63, 3.8) is 0 Å². The minimum Gasteiger partial charge on any atom is -0.479 e. The van der Waals surface area contributed by atoms with Gasteiger partial charge in [0.1, 0.15) is 54.9 Å². The van der Waals surface area contributed by atoms with Crippen molar-refractivity contribution in [2.45, 2.75) is 93.5 Å². The SMILES string of the molecule is CC(=O)N[C@H]1[C@@H](OC2[C@@H](C(=O)O)O[C@@H](C)[C@H](O)[C@H]2O)O[C@H](COS(=O)(=O)O)[C@@H](O[C@@H]2OC(C(=O)O)=C[C@H](O)[C@H]2O)[C@@H]1O. The molecule has 2 saturated heterocycles. The summed E-state index contributed by atoms with van der Waals surface area (Å²) >= 11 is 0. The fraction of sp³-hybridized carbons (Fsp3) is 0.762. The maximum Gasteiger partial charge on any atom is 0.397 e. The molecule has 3 heterocycles. The Hall–Kier alpha value is -2.54. The lowest BCUT2D eigenvalue weighted by atomic mass is 9.93. The topological polar surface area (TPSA) is 315 Å². The van der Waals surface area contributed by atoms with Gasteiger partial charge in [0.25, 0.3) is 0 Å². The van der Waals surface area contributed by atoms with Crippen molar-refractivity contribution in [1.82, 2.24) is 5.32 Å². The summed E-state index contributed by atoms with van der Waals surface area (Å²) in [5.41, 5.74) is 0. The van der Waals surface area contributed by atoms with Crippen molar-refractivity contribution in [3.05, 3.63) is 11.8 Å². The third-order valence-electron chi connectivity index (χ3n) is 6.48. The molecule has 20 nitrogen and oxygen atoms in total. The minimum absolute atomic E-state index is 0.648. The summed E-state index contributed by atoms with van der Waals surface area (Å²) in [7, 11) is -5.16. The summed E-state index contributed by atoms with van der Waals surface area (Å²) in [4.78, 5) is 35.2. The molecule has 21 heteroatoms. The normalized spacial score (nSPS) is 40.9. The van der Waals surface area contributed by atoms with Crippen LogP contribution in [0.2, 0.25) is 0 Å². The lowest BCUT2D eigenvalue weighted by Gasteiger charge is -2.48. The number of amides is 1. The molecule has 1 amide bonds. The van der Waals surface area contributed by atoms with Crippen LogP contribution in [0, 0.1) is 0 Å². The van der Waals surface area contributed by atoms with E-state index in [0.717, 1.165) is 6.92 Å². The zero-order valence-electron chi connectivity index (χ0n) is 21.8. The van der Waals surface area contributed by atoms with Crippen LogP contribution in [0.5, 0.6) is 0 Å². The molecule has 3 aliphatic rings. The second kappa shape index (κ2) is 13.4. The second-order valence-electron chi connectivity index (χ2n) is 9.56. The number of aliphatic carboxylic acids is 2. The predicted octanol–water partition coefficient (Wildman–Crippen LogP) is -5.19. The van der Waals surface area contributed by atoms with E-state index < -0.39 is 120 Å². The van der Waals surface area contributed by atoms with Gasteiger partial charge in [0, 0.05) is 6.92 Å². The Balaban J connectivity index is 1.96. The Morgan fingerprint density at radius 1 is 0.929 bits per heavy atom. The smallest absolute Gasteiger partial charge is 0.397 e. The molecule has 240 valence electrons. The Morgan fingerprint density at radius 2 is 1.55 bits per heavy atom. The molecule has 3 aliphatic heterocycles. The van der Waals surface area contributed by atoms with Gasteiger partial charge in [-0.05, 0) is 13.0 Å². The number of carboxylic acids is 2. The molecule has 0 aliphatic carbocycles. The number of hydrogen-bond acceptors (Lipinski definition) is 16. The first-order valence-electron chi connectivity index (χ1n) is 12.2. The number of carbonyl (C=O) groups excluding carboxylic acids is 1. The van der Waals surface area contributed by atoms with Crippen LogP contribution in [0.3, 0.4) is 0 Å². The second-order valence-corrected chi connectivity index (χ2v) is 10.6. The van der Waals surface area contributed by atoms with Gasteiger partial charge in [-0.25, -0.2) is 13.8 Å². The molecule has 0 saturated carbocycles. The Labute approximate surface area is 236 Å². The van der Waals surface area contributed by atoms with Crippen LogP contribution in [-0.2, 0) is 52.7 Å². The summed E-state index contributed by atoms with van der Waals surface area (Å²) in [6.45, 7) is 1.10. The molecule has 0 spiro atoms. The van der Waals surface area contributed by atoms with E-state index in [0.29, 0.717) is 6.08 Å². The quantitative estimate of drug-likeness (QED) is 0.101. The van der Waals surface area contributed by atoms with E-state index in [1.807, 2.05) is 0 Å². The maximum atomic E-state index is 12.0. The van der Waals surface area contributed by atoms with Gasteiger partial charge in [0.15, 0.2) is 12.4 Å². The lowest BCUT2D eigenvalue weighted by molar-refractivity contribution is -0.337. The van der Waals surface area contributed by atoms with Crippen LogP contribution in [0.1, 0.15) is 13.8 Å². The average Bonchev–Trinajstić information content (AvgIpc) is 2.88. The highest BCUT2D eigenvalue weighted by Gasteiger charge is 2.54. The van der Waals surface area contributed by atoms with Crippen LogP contribution in [0.25, 0.3) is 0 Å². The molecule has 0 aromatic rings. The largest absolute Gasteiger partial charge is 0.479 e. The molecule has 0 bridgehead atoms. The van der Waals surface area contributed by atoms with E-state index in [1.54, 1.807) is 0 Å². The van der Waals surface area contributed by atoms with Crippen LogP contribution < -0.4 is 5.32 Å². The first-order chi connectivity index (χ1) is 19.4. The third-order valence-corrected chi connectivity index (χ3v) is 6.92. The number of carboxylic acid groups (broad SMARTS) is 2. The number of carbonyl (C=O) groups is 3. The summed E-state index contributed by atoms with van der Waals surface area (Å²) in [5.74, 6) is -5.01. The number of rotatable bonds is 10. The highest BCUT2D eigenvalue weighted by Crippen LogP contribution is 2.32. The molecule has 42 heavy (non-hydrogen) atoms. The fourth-order valence-electron chi connectivity index (χ4n) is 4.46. The van der Waals surface area contributed by atoms with Gasteiger partial charge >= 0.3 is 22.3 Å². The number of aliphatic hydroxyl groups excluding tert-OH is 5. The summed E-state index contributed by atoms with van der Waals surface area (Å²) < 4.78 is 62.8. The summed E-state index contributed by atoms with van der Waals surface area (Å²) in [6, 6.07) is -1.73. The van der Waals surface area contributed by atoms with E-state index in [9.17, 15) is 58.5 Å². The first kappa shape index (κ1) is 34.0. The zero-order valence-corrected chi connectivity index (χ0v) is 22.6. The number of aliphatic hydroxyl groups is 5. The monoisotopic (exact) mass is 633 g/mol. The average molecular weight is 634 g/mol. The number of hydrogen-bond donors (Lipinski definition) is 9. The van der Waals surface area contributed by atoms with E-state index in [1.165, 1.54) is 6.92 Å².